The van der Waals surface area contributed by atoms with Crippen LogP contribution in [0.3, 0.4) is 0 Å². The molecule has 13 heavy (non-hydrogen) atoms. The molecule has 0 aliphatic heterocycles. The Balaban J connectivity index is 2.94. The lowest BCUT2D eigenvalue weighted by molar-refractivity contribution is -0.109. The normalized spacial score (nSPS) is 12.5. The Labute approximate surface area is 83.5 Å². The SMILES string of the molecule is O=CCC(O)c1ccc(F)cc1Br. The van der Waals surface area contributed by atoms with E-state index >= 15 is 0 Å². The molecule has 1 rings (SSSR count). The molecule has 0 aromatic heterocycles. The van der Waals surface area contributed by atoms with Crippen molar-refractivity contribution >= 4 is 22.2 Å². The number of carbonyl (C=O) groups is 1. The molecule has 1 atom stereocenters. The molecule has 0 spiro atoms. The number of aliphatic hydroxyl groups is 1. The first kappa shape index (κ1) is 10.3. The Morgan fingerprint density at radius 2 is 2.31 bits per heavy atom. The van der Waals surface area contributed by atoms with Gasteiger partial charge in [0.1, 0.15) is 12.1 Å². The average Bonchev–Trinajstić information content (AvgIpc) is 2.04. The van der Waals surface area contributed by atoms with E-state index in [1.807, 2.05) is 0 Å². The summed E-state index contributed by atoms with van der Waals surface area (Å²) >= 11 is 3.10. The van der Waals surface area contributed by atoms with Crippen LogP contribution in [-0.4, -0.2) is 11.4 Å². The van der Waals surface area contributed by atoms with Crippen molar-refractivity contribution in [3.8, 4) is 0 Å². The topological polar surface area (TPSA) is 37.3 Å². The minimum absolute atomic E-state index is 0.0181. The summed E-state index contributed by atoms with van der Waals surface area (Å²) in [6.07, 6.45) is -0.225. The smallest absolute Gasteiger partial charge is 0.124 e. The summed E-state index contributed by atoms with van der Waals surface area (Å²) in [6, 6.07) is 3.95. The highest BCUT2D eigenvalue weighted by Crippen LogP contribution is 2.25. The Kier molecular flexibility index (Phi) is 3.57. The second-order valence-corrected chi connectivity index (χ2v) is 3.44. The van der Waals surface area contributed by atoms with Gasteiger partial charge in [-0.1, -0.05) is 22.0 Å². The van der Waals surface area contributed by atoms with Gasteiger partial charge in [0.2, 0.25) is 0 Å². The van der Waals surface area contributed by atoms with Gasteiger partial charge in [-0.3, -0.25) is 0 Å². The largest absolute Gasteiger partial charge is 0.388 e. The summed E-state index contributed by atoms with van der Waals surface area (Å²) in [5.41, 5.74) is 0.522. The zero-order chi connectivity index (χ0) is 9.84. The second-order valence-electron chi connectivity index (χ2n) is 2.58. The van der Waals surface area contributed by atoms with Gasteiger partial charge in [-0.05, 0) is 17.7 Å². The van der Waals surface area contributed by atoms with Crippen LogP contribution in [0.25, 0.3) is 0 Å². The molecular formula is C9H8BrFO2. The molecule has 1 unspecified atom stereocenters. The molecule has 0 bridgehead atoms. The highest BCUT2D eigenvalue weighted by molar-refractivity contribution is 9.10. The van der Waals surface area contributed by atoms with Crippen molar-refractivity contribution in [3.63, 3.8) is 0 Å². The second kappa shape index (κ2) is 4.48. The van der Waals surface area contributed by atoms with Crippen LogP contribution in [-0.2, 0) is 4.79 Å². The molecule has 0 radical (unpaired) electrons. The minimum atomic E-state index is -0.868. The van der Waals surface area contributed by atoms with Crippen molar-refractivity contribution in [2.75, 3.05) is 0 Å². The molecule has 2 nitrogen and oxygen atoms in total. The summed E-state index contributed by atoms with van der Waals surface area (Å²) in [4.78, 5) is 10.1. The monoisotopic (exact) mass is 246 g/mol. The third kappa shape index (κ3) is 2.60. The van der Waals surface area contributed by atoms with Crippen molar-refractivity contribution in [1.82, 2.24) is 0 Å². The van der Waals surface area contributed by atoms with E-state index in [0.717, 1.165) is 0 Å². The third-order valence-corrected chi connectivity index (χ3v) is 2.33. The maximum atomic E-state index is 12.6. The molecule has 0 saturated carbocycles. The molecule has 0 heterocycles. The Hall–Kier alpha value is -0.740. The van der Waals surface area contributed by atoms with E-state index in [1.165, 1.54) is 18.2 Å². The number of carbonyl (C=O) groups excluding carboxylic acids is 1. The highest BCUT2D eigenvalue weighted by Gasteiger charge is 2.10. The van der Waals surface area contributed by atoms with Gasteiger partial charge in [0, 0.05) is 10.9 Å². The summed E-state index contributed by atoms with van der Waals surface area (Å²) < 4.78 is 13.1. The minimum Gasteiger partial charge on any atom is -0.388 e. The molecule has 70 valence electrons. The van der Waals surface area contributed by atoms with Gasteiger partial charge in [-0.25, -0.2) is 4.39 Å². The molecule has 0 saturated heterocycles. The summed E-state index contributed by atoms with van der Waals surface area (Å²) in [7, 11) is 0. The molecule has 0 amide bonds. The molecule has 1 aromatic carbocycles. The summed E-state index contributed by atoms with van der Waals surface area (Å²) in [6.45, 7) is 0. The van der Waals surface area contributed by atoms with E-state index in [1.54, 1.807) is 0 Å². The molecule has 0 aliphatic rings. The van der Waals surface area contributed by atoms with Gasteiger partial charge >= 0.3 is 0 Å². The van der Waals surface area contributed by atoms with Gasteiger partial charge < -0.3 is 9.90 Å². The number of halogens is 2. The standard InChI is InChI=1S/C9H8BrFO2/c10-8-5-6(11)1-2-7(8)9(13)3-4-12/h1-2,4-5,9,13H,3H2. The Bertz CT molecular complexity index is 314. The lowest BCUT2D eigenvalue weighted by Crippen LogP contribution is -1.99. The lowest BCUT2D eigenvalue weighted by atomic mass is 10.1. The molecule has 1 aromatic rings. The van der Waals surface area contributed by atoms with E-state index < -0.39 is 6.10 Å². The first-order valence-electron chi connectivity index (χ1n) is 3.72. The molecule has 0 aliphatic carbocycles. The van der Waals surface area contributed by atoms with Crippen LogP contribution in [0.2, 0.25) is 0 Å². The van der Waals surface area contributed by atoms with Crippen molar-refractivity contribution in [3.05, 3.63) is 34.1 Å². The highest BCUT2D eigenvalue weighted by atomic mass is 79.9. The predicted octanol–water partition coefficient (Wildman–Crippen LogP) is 2.21. The van der Waals surface area contributed by atoms with Crippen LogP contribution in [0.15, 0.2) is 22.7 Å². The van der Waals surface area contributed by atoms with E-state index in [9.17, 15) is 14.3 Å². The maximum absolute atomic E-state index is 12.6. The first-order chi connectivity index (χ1) is 6.15. The average molecular weight is 247 g/mol. The van der Waals surface area contributed by atoms with E-state index in [-0.39, 0.29) is 12.2 Å². The lowest BCUT2D eigenvalue weighted by Gasteiger charge is -2.09. The number of rotatable bonds is 3. The first-order valence-corrected chi connectivity index (χ1v) is 4.51. The van der Waals surface area contributed by atoms with Crippen LogP contribution in [0.5, 0.6) is 0 Å². The number of aldehydes is 1. The van der Waals surface area contributed by atoms with Crippen LogP contribution in [0, 0.1) is 5.82 Å². The van der Waals surface area contributed by atoms with Crippen LogP contribution >= 0.6 is 15.9 Å². The van der Waals surface area contributed by atoms with Crippen LogP contribution < -0.4 is 0 Å². The molecule has 0 fully saturated rings. The Morgan fingerprint density at radius 3 is 2.85 bits per heavy atom. The van der Waals surface area contributed by atoms with Crippen molar-refractivity contribution in [2.45, 2.75) is 12.5 Å². The molecular weight excluding hydrogens is 239 g/mol. The zero-order valence-electron chi connectivity index (χ0n) is 6.71. The molecule has 4 heteroatoms. The van der Waals surface area contributed by atoms with E-state index in [0.29, 0.717) is 16.3 Å². The predicted molar refractivity (Wildman–Crippen MR) is 49.7 cm³/mol. The fraction of sp³-hybridized carbons (Fsp3) is 0.222. The number of aliphatic hydroxyl groups excluding tert-OH is 1. The number of hydrogen-bond donors (Lipinski definition) is 1. The van der Waals surface area contributed by atoms with Gasteiger partial charge in [0.25, 0.3) is 0 Å². The van der Waals surface area contributed by atoms with E-state index in [2.05, 4.69) is 15.9 Å². The van der Waals surface area contributed by atoms with Gasteiger partial charge in [-0.15, -0.1) is 0 Å². The Morgan fingerprint density at radius 1 is 1.62 bits per heavy atom. The quantitative estimate of drug-likeness (QED) is 0.831. The number of hydrogen-bond acceptors (Lipinski definition) is 2. The molecule has 1 N–H and O–H groups in total. The van der Waals surface area contributed by atoms with Gasteiger partial charge in [0.15, 0.2) is 0 Å². The summed E-state index contributed by atoms with van der Waals surface area (Å²) in [5.74, 6) is -0.381. The zero-order valence-corrected chi connectivity index (χ0v) is 8.29. The maximum Gasteiger partial charge on any atom is 0.124 e. The van der Waals surface area contributed by atoms with Crippen LogP contribution in [0.1, 0.15) is 18.1 Å². The van der Waals surface area contributed by atoms with E-state index in [4.69, 9.17) is 0 Å². The van der Waals surface area contributed by atoms with Gasteiger partial charge in [0.05, 0.1) is 6.10 Å². The summed E-state index contributed by atoms with van der Waals surface area (Å²) in [5, 5.41) is 9.41. The fourth-order valence-corrected chi connectivity index (χ4v) is 1.60. The third-order valence-electron chi connectivity index (χ3n) is 1.64. The van der Waals surface area contributed by atoms with Gasteiger partial charge in [-0.2, -0.15) is 0 Å². The van der Waals surface area contributed by atoms with Crippen molar-refractivity contribution in [1.29, 1.82) is 0 Å². The van der Waals surface area contributed by atoms with Crippen molar-refractivity contribution < 1.29 is 14.3 Å². The van der Waals surface area contributed by atoms with Crippen LogP contribution in [0.4, 0.5) is 4.39 Å². The van der Waals surface area contributed by atoms with Crippen molar-refractivity contribution in [2.24, 2.45) is 0 Å². The number of benzene rings is 1. The fourth-order valence-electron chi connectivity index (χ4n) is 0.990.